The van der Waals surface area contributed by atoms with Gasteiger partial charge in [-0.2, -0.15) is 0 Å². The quantitative estimate of drug-likeness (QED) is 0.655. The largest absolute Gasteiger partial charge is 0.271 e. The lowest BCUT2D eigenvalue weighted by molar-refractivity contribution is 0.520. The molecule has 4 heteroatoms. The monoisotopic (exact) mass is 292 g/mol. The van der Waals surface area contributed by atoms with Gasteiger partial charge in [-0.1, -0.05) is 35.9 Å². The summed E-state index contributed by atoms with van der Waals surface area (Å²) in [6.07, 6.45) is 1.35. The van der Waals surface area contributed by atoms with Crippen molar-refractivity contribution in [3.63, 3.8) is 0 Å². The smallest absolute Gasteiger partial charge is 0.123 e. The van der Waals surface area contributed by atoms with Crippen LogP contribution in [0.1, 0.15) is 16.7 Å². The minimum Gasteiger partial charge on any atom is -0.271 e. The van der Waals surface area contributed by atoms with Crippen LogP contribution in [0, 0.1) is 12.7 Å². The maximum Gasteiger partial charge on any atom is 0.123 e. The van der Waals surface area contributed by atoms with Crippen LogP contribution in [0.5, 0.6) is 0 Å². The molecule has 0 aromatic heterocycles. The molecule has 0 saturated heterocycles. The zero-order chi connectivity index (χ0) is 14.5. The number of aryl methyl sites for hydroxylation is 1. The predicted molar refractivity (Wildman–Crippen MR) is 81.1 cm³/mol. The third-order valence-electron chi connectivity index (χ3n) is 3.28. The first kappa shape index (κ1) is 15.0. The highest BCUT2D eigenvalue weighted by atomic mass is 35.5. The molecule has 2 nitrogen and oxygen atoms in total. The highest BCUT2D eigenvalue weighted by molar-refractivity contribution is 6.31. The van der Waals surface area contributed by atoms with E-state index >= 15 is 0 Å². The summed E-state index contributed by atoms with van der Waals surface area (Å²) < 4.78 is 13.2. The lowest BCUT2D eigenvalue weighted by Crippen LogP contribution is -2.38. The zero-order valence-electron chi connectivity index (χ0n) is 11.4. The van der Waals surface area contributed by atoms with Crippen LogP contribution >= 0.6 is 11.6 Å². The van der Waals surface area contributed by atoms with Gasteiger partial charge in [0, 0.05) is 11.1 Å². The number of benzene rings is 2. The van der Waals surface area contributed by atoms with Crippen molar-refractivity contribution < 1.29 is 4.39 Å². The van der Waals surface area contributed by atoms with Crippen molar-refractivity contribution in [1.29, 1.82) is 0 Å². The summed E-state index contributed by atoms with van der Waals surface area (Å²) >= 11 is 6.23. The van der Waals surface area contributed by atoms with E-state index in [4.69, 9.17) is 17.4 Å². The highest BCUT2D eigenvalue weighted by Crippen LogP contribution is 2.20. The Morgan fingerprint density at radius 3 is 2.65 bits per heavy atom. The molecule has 0 aliphatic rings. The fourth-order valence-corrected chi connectivity index (χ4v) is 2.53. The lowest BCUT2D eigenvalue weighted by Gasteiger charge is -2.17. The van der Waals surface area contributed by atoms with Gasteiger partial charge >= 0.3 is 0 Å². The third-order valence-corrected chi connectivity index (χ3v) is 3.63. The third kappa shape index (κ3) is 4.04. The van der Waals surface area contributed by atoms with Crippen LogP contribution in [0.4, 0.5) is 4.39 Å². The number of nitrogens with one attached hydrogen (secondary N) is 1. The van der Waals surface area contributed by atoms with Gasteiger partial charge in [-0.05, 0) is 54.7 Å². The molecule has 0 heterocycles. The molecule has 0 bridgehead atoms. The van der Waals surface area contributed by atoms with E-state index in [1.165, 1.54) is 12.1 Å². The van der Waals surface area contributed by atoms with E-state index in [1.807, 2.05) is 31.2 Å². The van der Waals surface area contributed by atoms with Crippen molar-refractivity contribution in [3.05, 3.63) is 70.0 Å². The summed E-state index contributed by atoms with van der Waals surface area (Å²) in [5, 5.41) is 0.740. The van der Waals surface area contributed by atoms with Crippen LogP contribution < -0.4 is 11.3 Å². The number of hydrogen-bond donors (Lipinski definition) is 2. The second-order valence-corrected chi connectivity index (χ2v) is 5.40. The second kappa shape index (κ2) is 6.84. The predicted octanol–water partition coefficient (Wildman–Crippen LogP) is 3.40. The van der Waals surface area contributed by atoms with E-state index in [0.29, 0.717) is 12.8 Å². The van der Waals surface area contributed by atoms with E-state index in [1.54, 1.807) is 6.07 Å². The van der Waals surface area contributed by atoms with Crippen LogP contribution in [0.3, 0.4) is 0 Å². The van der Waals surface area contributed by atoms with Gasteiger partial charge in [-0.15, -0.1) is 0 Å². The van der Waals surface area contributed by atoms with Gasteiger partial charge in [-0.25, -0.2) is 4.39 Å². The molecule has 0 aliphatic heterocycles. The Morgan fingerprint density at radius 1 is 1.20 bits per heavy atom. The fraction of sp³-hybridized carbons (Fsp3) is 0.250. The molecule has 2 rings (SSSR count). The van der Waals surface area contributed by atoms with Gasteiger partial charge in [0.15, 0.2) is 0 Å². The SMILES string of the molecule is Cc1ccc(CC(Cc2cccc(F)c2)NN)c(Cl)c1. The Morgan fingerprint density at radius 2 is 2.00 bits per heavy atom. The lowest BCUT2D eigenvalue weighted by atomic mass is 9.99. The molecule has 0 saturated carbocycles. The Labute approximate surface area is 123 Å². The number of hydrogen-bond acceptors (Lipinski definition) is 2. The molecule has 1 atom stereocenters. The summed E-state index contributed by atoms with van der Waals surface area (Å²) in [7, 11) is 0. The van der Waals surface area contributed by atoms with Crippen LogP contribution in [0.2, 0.25) is 5.02 Å². The van der Waals surface area contributed by atoms with E-state index in [-0.39, 0.29) is 11.9 Å². The Bertz CT molecular complexity index is 586. The molecule has 2 aromatic carbocycles. The normalized spacial score (nSPS) is 12.4. The van der Waals surface area contributed by atoms with Gasteiger partial charge in [0.25, 0.3) is 0 Å². The van der Waals surface area contributed by atoms with Gasteiger partial charge in [0.1, 0.15) is 5.82 Å². The first-order valence-electron chi connectivity index (χ1n) is 6.54. The van der Waals surface area contributed by atoms with Crippen LogP contribution in [-0.4, -0.2) is 6.04 Å². The number of nitrogens with two attached hydrogens (primary N) is 1. The number of rotatable bonds is 5. The first-order chi connectivity index (χ1) is 9.58. The van der Waals surface area contributed by atoms with Crippen molar-refractivity contribution in [1.82, 2.24) is 5.43 Å². The molecule has 0 fully saturated rings. The van der Waals surface area contributed by atoms with Crippen LogP contribution in [0.15, 0.2) is 42.5 Å². The maximum absolute atomic E-state index is 13.2. The summed E-state index contributed by atoms with van der Waals surface area (Å²) in [5.41, 5.74) is 5.86. The number of halogens is 2. The van der Waals surface area contributed by atoms with E-state index in [9.17, 15) is 4.39 Å². The number of hydrazine groups is 1. The Balaban J connectivity index is 2.09. The minimum atomic E-state index is -0.230. The fourth-order valence-electron chi connectivity index (χ4n) is 2.22. The summed E-state index contributed by atoms with van der Waals surface area (Å²) in [6, 6.07) is 12.5. The highest BCUT2D eigenvalue weighted by Gasteiger charge is 2.11. The molecular weight excluding hydrogens is 275 g/mol. The first-order valence-corrected chi connectivity index (χ1v) is 6.92. The van der Waals surface area contributed by atoms with Crippen molar-refractivity contribution in [2.24, 2.45) is 5.84 Å². The van der Waals surface area contributed by atoms with Crippen molar-refractivity contribution in [2.75, 3.05) is 0 Å². The average Bonchev–Trinajstić information content (AvgIpc) is 2.41. The molecule has 0 aliphatic carbocycles. The average molecular weight is 293 g/mol. The minimum absolute atomic E-state index is 0.0111. The molecule has 1 unspecified atom stereocenters. The molecule has 0 amide bonds. The molecule has 3 N–H and O–H groups in total. The van der Waals surface area contributed by atoms with E-state index in [2.05, 4.69) is 5.43 Å². The van der Waals surface area contributed by atoms with Crippen LogP contribution in [0.25, 0.3) is 0 Å². The second-order valence-electron chi connectivity index (χ2n) is 5.00. The Kier molecular flexibility index (Phi) is 5.12. The molecule has 2 aromatic rings. The molecule has 106 valence electrons. The standard InChI is InChI=1S/C16H18ClFN2/c1-11-5-6-13(16(17)7-11)10-15(20-19)9-12-3-2-4-14(18)8-12/h2-8,15,20H,9-10,19H2,1H3. The molecule has 0 radical (unpaired) electrons. The zero-order valence-corrected chi connectivity index (χ0v) is 12.1. The van der Waals surface area contributed by atoms with Gasteiger partial charge in [0.05, 0.1) is 0 Å². The molecular formula is C16H18ClFN2. The van der Waals surface area contributed by atoms with Gasteiger partial charge in [-0.3, -0.25) is 11.3 Å². The van der Waals surface area contributed by atoms with Gasteiger partial charge in [0.2, 0.25) is 0 Å². The van der Waals surface area contributed by atoms with Crippen molar-refractivity contribution >= 4 is 11.6 Å². The van der Waals surface area contributed by atoms with Crippen molar-refractivity contribution in [2.45, 2.75) is 25.8 Å². The maximum atomic E-state index is 13.2. The summed E-state index contributed by atoms with van der Waals surface area (Å²) in [4.78, 5) is 0. The topological polar surface area (TPSA) is 38.0 Å². The summed E-state index contributed by atoms with van der Waals surface area (Å²) in [5.74, 6) is 5.37. The summed E-state index contributed by atoms with van der Waals surface area (Å²) in [6.45, 7) is 2.00. The van der Waals surface area contributed by atoms with E-state index in [0.717, 1.165) is 21.7 Å². The Hall–Kier alpha value is -1.42. The molecule has 20 heavy (non-hydrogen) atoms. The van der Waals surface area contributed by atoms with Crippen LogP contribution in [-0.2, 0) is 12.8 Å². The van der Waals surface area contributed by atoms with Crippen molar-refractivity contribution in [3.8, 4) is 0 Å². The van der Waals surface area contributed by atoms with E-state index < -0.39 is 0 Å². The molecule has 0 spiro atoms. The van der Waals surface area contributed by atoms with Gasteiger partial charge < -0.3 is 0 Å².